The Balaban J connectivity index is 1.26. The number of esters is 1. The molecular weight excluding hydrogens is 537 g/mol. The van der Waals surface area contributed by atoms with Crippen molar-refractivity contribution in [3.8, 4) is 0 Å². The molecule has 10 heteroatoms. The maximum Gasteiger partial charge on any atom is 0.330 e. The van der Waals surface area contributed by atoms with E-state index in [1.165, 1.54) is 12.0 Å². The molecule has 1 saturated carbocycles. The Kier molecular flexibility index (Phi) is 8.54. The number of carbonyl (C=O) groups is 3. The monoisotopic (exact) mass is 569 g/mol. The van der Waals surface area contributed by atoms with Crippen molar-refractivity contribution in [3.05, 3.63) is 64.8 Å². The van der Waals surface area contributed by atoms with E-state index in [2.05, 4.69) is 10.3 Å². The van der Waals surface area contributed by atoms with Crippen molar-refractivity contribution < 1.29 is 28.2 Å². The number of para-hydroxylation sites is 1. The van der Waals surface area contributed by atoms with E-state index in [0.29, 0.717) is 55.6 Å². The highest BCUT2D eigenvalue weighted by atomic mass is 35.5. The standard InChI is InChI=1S/C30H33ClFN3O5/c1-39-29(38)20-9-11-21(12-10-20)40-30(32,35-14-4-5-15-35)27(36)17-19-8-13-26(24(31)16-19)34-28(37)23-18-33-25-7-3-2-6-22(23)25/h2-3,6-8,13,16,18,20-21,33H,4-5,9-12,14-15,17H2,1H3,(H,34,37). The minimum absolute atomic E-state index is 0.221. The number of aromatic amines is 1. The first-order valence-electron chi connectivity index (χ1n) is 13.7. The van der Waals surface area contributed by atoms with Crippen LogP contribution in [0.5, 0.6) is 0 Å². The molecule has 212 valence electrons. The quantitative estimate of drug-likeness (QED) is 0.255. The van der Waals surface area contributed by atoms with E-state index in [1.54, 1.807) is 24.4 Å². The molecule has 1 saturated heterocycles. The number of amides is 1. The number of nitrogens with one attached hydrogen (secondary N) is 2. The fraction of sp³-hybridized carbons (Fsp3) is 0.433. The Bertz CT molecular complexity index is 1400. The fourth-order valence-corrected chi connectivity index (χ4v) is 5.89. The second kappa shape index (κ2) is 12.1. The third kappa shape index (κ3) is 5.92. The summed E-state index contributed by atoms with van der Waals surface area (Å²) in [7, 11) is 1.36. The highest BCUT2D eigenvalue weighted by Gasteiger charge is 2.48. The second-order valence-electron chi connectivity index (χ2n) is 10.5. The summed E-state index contributed by atoms with van der Waals surface area (Å²) in [5.41, 5.74) is 2.23. The number of fused-ring (bicyclic) bond motifs is 1. The van der Waals surface area contributed by atoms with Gasteiger partial charge < -0.3 is 19.8 Å². The van der Waals surface area contributed by atoms with Gasteiger partial charge in [0.25, 0.3) is 5.91 Å². The lowest BCUT2D eigenvalue weighted by Gasteiger charge is -2.37. The molecule has 1 aromatic heterocycles. The van der Waals surface area contributed by atoms with E-state index in [0.717, 1.165) is 23.7 Å². The van der Waals surface area contributed by atoms with Crippen LogP contribution < -0.4 is 5.32 Å². The number of halogens is 2. The van der Waals surface area contributed by atoms with Crippen LogP contribution in [0.4, 0.5) is 10.1 Å². The third-order valence-electron chi connectivity index (χ3n) is 7.87. The molecule has 3 aromatic rings. The molecule has 2 aliphatic rings. The summed E-state index contributed by atoms with van der Waals surface area (Å²) >= 11 is 6.48. The zero-order chi connectivity index (χ0) is 28.3. The lowest BCUT2D eigenvalue weighted by Crippen LogP contribution is -2.54. The molecule has 8 nitrogen and oxygen atoms in total. The van der Waals surface area contributed by atoms with Crippen LogP contribution in [0.1, 0.15) is 54.4 Å². The highest BCUT2D eigenvalue weighted by molar-refractivity contribution is 6.34. The van der Waals surface area contributed by atoms with Gasteiger partial charge in [-0.3, -0.25) is 14.4 Å². The van der Waals surface area contributed by atoms with Gasteiger partial charge in [0.1, 0.15) is 0 Å². The van der Waals surface area contributed by atoms with Crippen LogP contribution in [0.15, 0.2) is 48.7 Å². The molecule has 5 rings (SSSR count). The summed E-state index contributed by atoms with van der Waals surface area (Å²) in [6, 6.07) is 12.3. The summed E-state index contributed by atoms with van der Waals surface area (Å²) in [6.07, 6.45) is 4.53. The molecular formula is C30H33ClFN3O5. The van der Waals surface area contributed by atoms with Crippen molar-refractivity contribution in [3.63, 3.8) is 0 Å². The maximum atomic E-state index is 16.5. The number of hydrogen-bond acceptors (Lipinski definition) is 6. The number of ether oxygens (including phenoxy) is 2. The molecule has 0 radical (unpaired) electrons. The van der Waals surface area contributed by atoms with Gasteiger partial charge in [0.2, 0.25) is 5.78 Å². The van der Waals surface area contributed by atoms with Gasteiger partial charge >= 0.3 is 11.9 Å². The number of aromatic nitrogens is 1. The summed E-state index contributed by atoms with van der Waals surface area (Å²) < 4.78 is 27.2. The zero-order valence-corrected chi connectivity index (χ0v) is 23.1. The lowest BCUT2D eigenvalue weighted by atomic mass is 9.87. The van der Waals surface area contributed by atoms with Gasteiger partial charge in [-0.1, -0.05) is 35.9 Å². The molecule has 1 atom stereocenters. The van der Waals surface area contributed by atoms with Gasteiger partial charge in [-0.25, -0.2) is 4.90 Å². The maximum absolute atomic E-state index is 16.5. The molecule has 1 aliphatic heterocycles. The van der Waals surface area contributed by atoms with Gasteiger partial charge in [-0.2, -0.15) is 4.39 Å². The highest BCUT2D eigenvalue weighted by Crippen LogP contribution is 2.35. The lowest BCUT2D eigenvalue weighted by molar-refractivity contribution is -0.252. The number of anilines is 1. The third-order valence-corrected chi connectivity index (χ3v) is 8.18. The number of H-pyrrole nitrogens is 1. The Morgan fingerprint density at radius 2 is 1.82 bits per heavy atom. The predicted octanol–water partition coefficient (Wildman–Crippen LogP) is 5.65. The SMILES string of the molecule is COC(=O)C1CCC(OC(F)(C(=O)Cc2ccc(NC(=O)c3c[nH]c4ccccc34)c(Cl)c2)N2CCCC2)CC1. The summed E-state index contributed by atoms with van der Waals surface area (Å²) in [5, 5.41) is 3.85. The van der Waals surface area contributed by atoms with Crippen molar-refractivity contribution in [2.45, 2.75) is 57.0 Å². The van der Waals surface area contributed by atoms with Gasteiger partial charge in [-0.05, 0) is 62.3 Å². The van der Waals surface area contributed by atoms with E-state index in [4.69, 9.17) is 21.1 Å². The van der Waals surface area contributed by atoms with E-state index >= 15 is 4.39 Å². The predicted molar refractivity (Wildman–Crippen MR) is 150 cm³/mol. The molecule has 40 heavy (non-hydrogen) atoms. The number of likely N-dealkylation sites (tertiary alicyclic amines) is 1. The molecule has 0 spiro atoms. The van der Waals surface area contributed by atoms with Gasteiger partial charge in [0.15, 0.2) is 0 Å². The number of hydrogen-bond donors (Lipinski definition) is 2. The number of alkyl halides is 1. The smallest absolute Gasteiger partial charge is 0.330 e. The van der Waals surface area contributed by atoms with Crippen LogP contribution in [0.3, 0.4) is 0 Å². The number of nitrogens with zero attached hydrogens (tertiary/aromatic N) is 1. The second-order valence-corrected chi connectivity index (χ2v) is 10.9. The molecule has 1 unspecified atom stereocenters. The molecule has 2 N–H and O–H groups in total. The minimum atomic E-state index is -2.56. The Morgan fingerprint density at radius 3 is 2.52 bits per heavy atom. The molecule has 1 aliphatic carbocycles. The van der Waals surface area contributed by atoms with E-state index < -0.39 is 17.9 Å². The number of benzene rings is 2. The van der Waals surface area contributed by atoms with Gasteiger partial charge in [-0.15, -0.1) is 0 Å². The van der Waals surface area contributed by atoms with Crippen LogP contribution in [-0.2, 0) is 25.5 Å². The van der Waals surface area contributed by atoms with E-state index in [9.17, 15) is 14.4 Å². The zero-order valence-electron chi connectivity index (χ0n) is 22.4. The Labute approximate surface area is 237 Å². The van der Waals surface area contributed by atoms with Crippen LogP contribution >= 0.6 is 11.6 Å². The van der Waals surface area contributed by atoms with Crippen LogP contribution in [0.25, 0.3) is 10.9 Å². The normalized spacial score (nSPS) is 21.2. The van der Waals surface area contributed by atoms with Crippen molar-refractivity contribution in [1.29, 1.82) is 0 Å². The topological polar surface area (TPSA) is 101 Å². The number of rotatable bonds is 9. The summed E-state index contributed by atoms with van der Waals surface area (Å²) in [5.74, 6) is -4.07. The van der Waals surface area contributed by atoms with Crippen molar-refractivity contribution in [2.75, 3.05) is 25.5 Å². The first-order chi connectivity index (χ1) is 19.3. The Hall–Kier alpha value is -3.27. The molecule has 2 aromatic carbocycles. The van der Waals surface area contributed by atoms with E-state index in [-0.39, 0.29) is 29.2 Å². The van der Waals surface area contributed by atoms with Gasteiger partial charge in [0.05, 0.1) is 35.4 Å². The number of methoxy groups -OCH3 is 1. The van der Waals surface area contributed by atoms with Crippen LogP contribution in [0.2, 0.25) is 5.02 Å². The van der Waals surface area contributed by atoms with Crippen molar-refractivity contribution in [2.24, 2.45) is 5.92 Å². The largest absolute Gasteiger partial charge is 0.469 e. The first-order valence-corrected chi connectivity index (χ1v) is 14.0. The van der Waals surface area contributed by atoms with E-state index in [1.807, 2.05) is 24.3 Å². The molecule has 1 amide bonds. The molecule has 2 fully saturated rings. The number of carbonyl (C=O) groups excluding carboxylic acids is 3. The van der Waals surface area contributed by atoms with Crippen LogP contribution in [-0.4, -0.2) is 59.8 Å². The molecule has 2 heterocycles. The van der Waals surface area contributed by atoms with Crippen LogP contribution in [0, 0.1) is 5.92 Å². The number of Topliss-reactive ketones (excluding diaryl/α,β-unsaturated/α-hetero) is 1. The first kappa shape index (κ1) is 28.3. The average Bonchev–Trinajstić information content (AvgIpc) is 3.65. The van der Waals surface area contributed by atoms with Gasteiger partial charge in [0, 0.05) is 36.6 Å². The minimum Gasteiger partial charge on any atom is -0.469 e. The van der Waals surface area contributed by atoms with Crippen molar-refractivity contribution >= 4 is 45.9 Å². The Morgan fingerprint density at radius 1 is 1.10 bits per heavy atom. The number of ketones is 1. The fourth-order valence-electron chi connectivity index (χ4n) is 5.64. The average molecular weight is 570 g/mol. The summed E-state index contributed by atoms with van der Waals surface area (Å²) in [6.45, 7) is 0.860. The molecule has 0 bridgehead atoms. The van der Waals surface area contributed by atoms with Crippen molar-refractivity contribution in [1.82, 2.24) is 9.88 Å². The summed E-state index contributed by atoms with van der Waals surface area (Å²) in [4.78, 5) is 42.8.